The number of benzene rings is 4. The molecule has 0 bridgehead atoms. The fourth-order valence-corrected chi connectivity index (χ4v) is 4.98. The highest BCUT2D eigenvalue weighted by molar-refractivity contribution is 5.73. The fraction of sp³-hybridized carbons (Fsp3) is 0.167. The maximum absolute atomic E-state index is 15.1. The summed E-state index contributed by atoms with van der Waals surface area (Å²) in [6, 6.07) is 10.6. The van der Waals surface area contributed by atoms with Crippen molar-refractivity contribution >= 4 is 6.08 Å². The van der Waals surface area contributed by atoms with Gasteiger partial charge in [0.25, 0.3) is 0 Å². The summed E-state index contributed by atoms with van der Waals surface area (Å²) in [5, 5.41) is 0. The normalized spacial score (nSPS) is 11.8. The molecular weight excluding hydrogens is 628 g/mol. The molecule has 5 aromatic rings. The van der Waals surface area contributed by atoms with Gasteiger partial charge >= 0.3 is 6.11 Å². The molecule has 4 aromatic carbocycles. The first-order valence-electron chi connectivity index (χ1n) is 14.5. The topological polar surface area (TPSA) is 35.0 Å². The van der Waals surface area contributed by atoms with Crippen molar-refractivity contribution < 1.29 is 39.9 Å². The smallest absolute Gasteiger partial charge is 0.429 e. The lowest BCUT2D eigenvalue weighted by Gasteiger charge is -2.19. The van der Waals surface area contributed by atoms with Crippen molar-refractivity contribution in [2.45, 2.75) is 38.7 Å². The van der Waals surface area contributed by atoms with E-state index in [9.17, 15) is 22.0 Å². The molecule has 0 unspecified atom stereocenters. The van der Waals surface area contributed by atoms with Crippen molar-refractivity contribution in [2.24, 2.45) is 0 Å². The Labute approximate surface area is 265 Å². The van der Waals surface area contributed by atoms with Crippen LogP contribution < -0.4 is 4.74 Å². The average Bonchev–Trinajstić information content (AvgIpc) is 3.03. The highest BCUT2D eigenvalue weighted by Gasteiger charge is 2.38. The molecule has 0 aliphatic carbocycles. The number of rotatable bonds is 11. The Bertz CT molecular complexity index is 1900. The van der Waals surface area contributed by atoms with Crippen molar-refractivity contribution in [3.8, 4) is 39.4 Å². The first-order valence-corrected chi connectivity index (χ1v) is 14.5. The van der Waals surface area contributed by atoms with Gasteiger partial charge in [0, 0.05) is 40.7 Å². The lowest BCUT2D eigenvalue weighted by atomic mass is 9.98. The van der Waals surface area contributed by atoms with Crippen LogP contribution >= 0.6 is 0 Å². The van der Waals surface area contributed by atoms with Crippen molar-refractivity contribution in [2.75, 3.05) is 0 Å². The van der Waals surface area contributed by atoms with E-state index in [2.05, 4.69) is 21.6 Å². The minimum absolute atomic E-state index is 0.0159. The van der Waals surface area contributed by atoms with Crippen LogP contribution in [0.1, 0.15) is 42.9 Å². The quantitative estimate of drug-likeness (QED) is 0.105. The van der Waals surface area contributed by atoms with Gasteiger partial charge in [-0.05, 0) is 78.1 Å². The van der Waals surface area contributed by atoms with Gasteiger partial charge < -0.3 is 4.74 Å². The molecule has 0 atom stereocenters. The summed E-state index contributed by atoms with van der Waals surface area (Å²) in [6.45, 7) is 2.09. The van der Waals surface area contributed by atoms with Crippen LogP contribution in [0.25, 0.3) is 39.7 Å². The summed E-state index contributed by atoms with van der Waals surface area (Å²) in [6.07, 6.45) is 3.44. The lowest BCUT2D eigenvalue weighted by Crippen LogP contribution is -2.23. The number of alkyl halides is 2. The molecule has 0 amide bonds. The van der Waals surface area contributed by atoms with Crippen LogP contribution in [0.3, 0.4) is 0 Å². The summed E-state index contributed by atoms with van der Waals surface area (Å²) < 4.78 is 121. The molecule has 242 valence electrons. The van der Waals surface area contributed by atoms with E-state index in [4.69, 9.17) is 0 Å². The predicted molar refractivity (Wildman–Crippen MR) is 162 cm³/mol. The van der Waals surface area contributed by atoms with Crippen LogP contribution in [-0.2, 0) is 12.5 Å². The van der Waals surface area contributed by atoms with Crippen molar-refractivity contribution in [1.82, 2.24) is 9.97 Å². The minimum Gasteiger partial charge on any atom is -0.429 e. The molecule has 0 aliphatic heterocycles. The molecule has 0 saturated carbocycles. The maximum Gasteiger partial charge on any atom is 0.429 e. The number of unbranched alkanes of at least 4 members (excludes halogenated alkanes) is 2. The Hall–Kier alpha value is -5.06. The van der Waals surface area contributed by atoms with E-state index in [-0.39, 0.29) is 40.0 Å². The van der Waals surface area contributed by atoms with E-state index in [0.717, 1.165) is 79.8 Å². The van der Waals surface area contributed by atoms with E-state index in [1.165, 1.54) is 12.1 Å². The Kier molecular flexibility index (Phi) is 10.0. The van der Waals surface area contributed by atoms with Crippen LogP contribution in [-0.4, -0.2) is 9.97 Å². The van der Waals surface area contributed by atoms with E-state index in [0.29, 0.717) is 12.1 Å². The molecule has 11 heteroatoms. The van der Waals surface area contributed by atoms with Crippen molar-refractivity contribution in [3.63, 3.8) is 0 Å². The molecule has 0 saturated heterocycles. The van der Waals surface area contributed by atoms with Crippen LogP contribution in [0.15, 0.2) is 85.5 Å². The molecule has 3 nitrogen and oxygen atoms in total. The molecule has 0 spiro atoms. The van der Waals surface area contributed by atoms with Crippen LogP contribution in [0.4, 0.5) is 35.1 Å². The summed E-state index contributed by atoms with van der Waals surface area (Å²) in [7, 11) is 0. The molecule has 0 N–H and O–H groups in total. The van der Waals surface area contributed by atoms with Gasteiger partial charge in [0.05, 0.1) is 11.9 Å². The molecule has 1 heterocycles. The van der Waals surface area contributed by atoms with E-state index < -0.39 is 52.1 Å². The first-order chi connectivity index (χ1) is 22.5. The zero-order valence-electron chi connectivity index (χ0n) is 24.8. The number of ether oxygens (including phenoxy) is 1. The van der Waals surface area contributed by atoms with E-state index in [1.807, 2.05) is 0 Å². The van der Waals surface area contributed by atoms with Gasteiger partial charge in [0.1, 0.15) is 34.8 Å². The number of aromatic nitrogens is 2. The summed E-state index contributed by atoms with van der Waals surface area (Å²) in [5.74, 6) is -6.03. The molecule has 1 aromatic heterocycles. The van der Waals surface area contributed by atoms with Gasteiger partial charge in [-0.3, -0.25) is 0 Å². The van der Waals surface area contributed by atoms with Gasteiger partial charge in [0.15, 0.2) is 5.82 Å². The number of halogens is 8. The first kappa shape index (κ1) is 33.3. The van der Waals surface area contributed by atoms with E-state index >= 15 is 13.2 Å². The summed E-state index contributed by atoms with van der Waals surface area (Å²) in [4.78, 5) is 8.42. The molecule has 0 fully saturated rings. The second-order valence-electron chi connectivity index (χ2n) is 10.7. The SMILES string of the molecule is CCCCCc1cnc(-c2ccc(C(F)(F)Oc3ccc(-c4ccc(-c5cc(F)c(/C=C/F)c(F)c5)c(F)c4)c(F)c3)c(F)c2)nc1. The number of aryl methyl sites for hydroxylation is 1. The number of nitrogens with zero attached hydrogens (tertiary/aromatic N) is 2. The summed E-state index contributed by atoms with van der Waals surface area (Å²) >= 11 is 0. The average molecular weight is 655 g/mol. The van der Waals surface area contributed by atoms with Gasteiger partial charge in [-0.15, -0.1) is 0 Å². The minimum atomic E-state index is -4.20. The molecule has 5 rings (SSSR count). The largest absolute Gasteiger partial charge is 0.429 e. The highest BCUT2D eigenvalue weighted by atomic mass is 19.3. The molecule has 47 heavy (non-hydrogen) atoms. The molecule has 0 radical (unpaired) electrons. The van der Waals surface area contributed by atoms with Gasteiger partial charge in [-0.2, -0.15) is 8.78 Å². The van der Waals surface area contributed by atoms with E-state index in [1.54, 1.807) is 12.4 Å². The zero-order chi connectivity index (χ0) is 33.7. The zero-order valence-corrected chi connectivity index (χ0v) is 24.8. The van der Waals surface area contributed by atoms with Crippen LogP contribution in [0.5, 0.6) is 5.75 Å². The Morgan fingerprint density at radius 1 is 0.681 bits per heavy atom. The molecular formula is C36H26F8N2O. The Balaban J connectivity index is 1.32. The number of hydrogen-bond donors (Lipinski definition) is 0. The third-order valence-electron chi connectivity index (χ3n) is 7.40. The van der Waals surface area contributed by atoms with Crippen molar-refractivity contribution in [1.29, 1.82) is 0 Å². The predicted octanol–water partition coefficient (Wildman–Crippen LogP) is 11.0. The Morgan fingerprint density at radius 2 is 1.28 bits per heavy atom. The molecule has 0 aliphatic rings. The summed E-state index contributed by atoms with van der Waals surface area (Å²) in [5.41, 5.74) is -1.27. The van der Waals surface area contributed by atoms with Crippen molar-refractivity contribution in [3.05, 3.63) is 131 Å². The third-order valence-corrected chi connectivity index (χ3v) is 7.40. The van der Waals surface area contributed by atoms with Crippen LogP contribution in [0.2, 0.25) is 0 Å². The maximum atomic E-state index is 15.1. The lowest BCUT2D eigenvalue weighted by molar-refractivity contribution is -0.187. The van der Waals surface area contributed by atoms with Crippen LogP contribution in [0, 0.1) is 29.1 Å². The van der Waals surface area contributed by atoms with Gasteiger partial charge in [0.2, 0.25) is 0 Å². The fourth-order valence-electron chi connectivity index (χ4n) is 4.98. The number of hydrogen-bond acceptors (Lipinski definition) is 3. The second-order valence-corrected chi connectivity index (χ2v) is 10.7. The van der Waals surface area contributed by atoms with Gasteiger partial charge in [-0.1, -0.05) is 38.0 Å². The second kappa shape index (κ2) is 14.1. The standard InChI is InChI=1S/C36H26F8N2O/c1-2-3-4-5-21-19-45-35(46-20-21)23-7-11-29(34(42)15-23)36(43,44)47-25-8-10-26(33(41)18-25)22-6-9-27(30(38)14-22)24-16-31(39)28(12-13-37)32(40)17-24/h6-20H,2-5H2,1H3/b13-12+. The monoisotopic (exact) mass is 654 g/mol. The van der Waals surface area contributed by atoms with Gasteiger partial charge in [-0.25, -0.2) is 36.3 Å². The third kappa shape index (κ3) is 7.51. The Morgan fingerprint density at radius 3 is 1.89 bits per heavy atom. The highest BCUT2D eigenvalue weighted by Crippen LogP contribution is 2.37.